The molecule has 1 fully saturated rings. The van der Waals surface area contributed by atoms with Crippen LogP contribution in [0.1, 0.15) is 27.7 Å². The molecule has 1 aliphatic rings. The minimum absolute atomic E-state index is 0.240. The van der Waals surface area contributed by atoms with Crippen molar-refractivity contribution in [3.8, 4) is 5.75 Å². The van der Waals surface area contributed by atoms with E-state index in [0.717, 1.165) is 5.39 Å². The van der Waals surface area contributed by atoms with E-state index in [4.69, 9.17) is 23.0 Å². The molecule has 0 aliphatic carbocycles. The second kappa shape index (κ2) is 5.34. The first kappa shape index (κ1) is 16.2. The Morgan fingerprint density at radius 2 is 1.84 bits per heavy atom. The summed E-state index contributed by atoms with van der Waals surface area (Å²) in [5, 5.41) is 1.53. The van der Waals surface area contributed by atoms with Crippen LogP contribution in [0.5, 0.6) is 5.75 Å². The smallest absolute Gasteiger partial charge is 0.336 e. The lowest BCUT2D eigenvalue weighted by Crippen LogP contribution is -2.37. The van der Waals surface area contributed by atoms with E-state index in [-0.39, 0.29) is 6.10 Å². The van der Waals surface area contributed by atoms with Crippen LogP contribution in [-0.2, 0) is 9.47 Å². The van der Waals surface area contributed by atoms with Crippen LogP contribution in [0.25, 0.3) is 21.9 Å². The predicted octanol–water partition coefficient (Wildman–Crippen LogP) is 3.85. The average molecular weight is 344 g/mol. The van der Waals surface area contributed by atoms with E-state index < -0.39 is 17.0 Å². The van der Waals surface area contributed by atoms with Gasteiger partial charge < -0.3 is 23.0 Å². The fourth-order valence-corrected chi connectivity index (χ4v) is 3.37. The Bertz CT molecular complexity index is 994. The third kappa shape index (κ3) is 2.81. The summed E-state index contributed by atoms with van der Waals surface area (Å²) >= 11 is 0. The first-order valence-corrected chi connectivity index (χ1v) is 8.20. The Morgan fingerprint density at radius 3 is 2.56 bits per heavy atom. The normalized spacial score (nSPS) is 21.8. The topological polar surface area (TPSA) is 71.0 Å². The third-order valence-electron chi connectivity index (χ3n) is 4.40. The largest absolute Gasteiger partial charge is 0.489 e. The molecule has 1 aliphatic heterocycles. The molecule has 4 rings (SSSR count). The summed E-state index contributed by atoms with van der Waals surface area (Å²) in [7, 11) is 0. The fraction of sp³-hybridized carbons (Fsp3) is 0.421. The molecular formula is C19H20O6. The minimum atomic E-state index is -0.659. The SMILES string of the molecule is CC1(C)O[C@H](COc2c3ccoc3cc3oc(=O)ccc23)C(C)(C)O1. The molecule has 3 aromatic rings. The standard InChI is InChI=1S/C19H20O6/c1-18(2)15(24-19(3,4)25-18)10-22-17-11-5-6-16(20)23-14(11)9-13-12(17)7-8-21-13/h5-9,15H,10H2,1-4H3/t15-/m1/s1. The Kier molecular flexibility index (Phi) is 3.46. The number of rotatable bonds is 3. The molecule has 0 unspecified atom stereocenters. The highest BCUT2D eigenvalue weighted by Crippen LogP contribution is 2.38. The van der Waals surface area contributed by atoms with Gasteiger partial charge in [0.05, 0.1) is 22.6 Å². The van der Waals surface area contributed by atoms with Gasteiger partial charge in [-0.25, -0.2) is 4.79 Å². The van der Waals surface area contributed by atoms with Gasteiger partial charge in [-0.3, -0.25) is 0 Å². The molecule has 2 aromatic heterocycles. The lowest BCUT2D eigenvalue weighted by Gasteiger charge is -2.24. The van der Waals surface area contributed by atoms with Crippen LogP contribution in [0, 0.1) is 0 Å². The Labute approximate surface area is 144 Å². The maximum Gasteiger partial charge on any atom is 0.336 e. The summed E-state index contributed by atoms with van der Waals surface area (Å²) in [6, 6.07) is 6.60. The van der Waals surface area contributed by atoms with E-state index in [2.05, 4.69) is 0 Å². The monoisotopic (exact) mass is 344 g/mol. The zero-order chi connectivity index (χ0) is 17.8. The first-order chi connectivity index (χ1) is 11.8. The second-order valence-electron chi connectivity index (χ2n) is 7.23. The van der Waals surface area contributed by atoms with Crippen LogP contribution < -0.4 is 10.4 Å². The number of hydrogen-bond donors (Lipinski definition) is 0. The lowest BCUT2D eigenvalue weighted by molar-refractivity contribution is -0.158. The molecule has 1 aromatic carbocycles. The van der Waals surface area contributed by atoms with Gasteiger partial charge in [0.2, 0.25) is 0 Å². The fourth-order valence-electron chi connectivity index (χ4n) is 3.37. The molecule has 0 bridgehead atoms. The molecule has 0 saturated carbocycles. The van der Waals surface area contributed by atoms with Crippen LogP contribution in [0.4, 0.5) is 0 Å². The van der Waals surface area contributed by atoms with Crippen LogP contribution in [0.2, 0.25) is 0 Å². The molecule has 25 heavy (non-hydrogen) atoms. The molecule has 0 amide bonds. The highest BCUT2D eigenvalue weighted by molar-refractivity contribution is 6.01. The second-order valence-corrected chi connectivity index (χ2v) is 7.23. The molecule has 1 atom stereocenters. The summed E-state index contributed by atoms with van der Waals surface area (Å²) < 4.78 is 28.7. The van der Waals surface area contributed by atoms with Crippen molar-refractivity contribution in [3.05, 3.63) is 40.9 Å². The molecule has 1 saturated heterocycles. The van der Waals surface area contributed by atoms with E-state index in [1.54, 1.807) is 18.4 Å². The van der Waals surface area contributed by atoms with Gasteiger partial charge in [0, 0.05) is 12.1 Å². The van der Waals surface area contributed by atoms with Crippen molar-refractivity contribution in [2.75, 3.05) is 6.61 Å². The van der Waals surface area contributed by atoms with Crippen LogP contribution in [-0.4, -0.2) is 24.1 Å². The third-order valence-corrected chi connectivity index (χ3v) is 4.40. The summed E-state index contributed by atoms with van der Waals surface area (Å²) in [5.41, 5.74) is 0.129. The van der Waals surface area contributed by atoms with Gasteiger partial charge in [-0.15, -0.1) is 0 Å². The van der Waals surface area contributed by atoms with E-state index >= 15 is 0 Å². The van der Waals surface area contributed by atoms with Gasteiger partial charge in [-0.05, 0) is 39.8 Å². The number of furan rings is 1. The molecule has 0 radical (unpaired) electrons. The van der Waals surface area contributed by atoms with Crippen molar-refractivity contribution in [2.45, 2.75) is 45.2 Å². The van der Waals surface area contributed by atoms with Crippen molar-refractivity contribution in [1.29, 1.82) is 0 Å². The van der Waals surface area contributed by atoms with E-state index in [1.807, 2.05) is 33.8 Å². The number of hydrogen-bond acceptors (Lipinski definition) is 6. The van der Waals surface area contributed by atoms with Crippen molar-refractivity contribution < 1.29 is 23.0 Å². The van der Waals surface area contributed by atoms with Gasteiger partial charge in [0.25, 0.3) is 0 Å². The minimum Gasteiger partial charge on any atom is -0.489 e. The molecular weight excluding hydrogens is 324 g/mol. The van der Waals surface area contributed by atoms with Crippen LogP contribution >= 0.6 is 0 Å². The molecule has 6 nitrogen and oxygen atoms in total. The Hall–Kier alpha value is -2.31. The van der Waals surface area contributed by atoms with E-state index in [9.17, 15) is 4.79 Å². The highest BCUT2D eigenvalue weighted by atomic mass is 16.8. The molecule has 132 valence electrons. The molecule has 3 heterocycles. The van der Waals surface area contributed by atoms with Crippen molar-refractivity contribution in [2.24, 2.45) is 0 Å². The predicted molar refractivity (Wildman–Crippen MR) is 91.9 cm³/mol. The zero-order valence-electron chi connectivity index (χ0n) is 14.6. The summed E-state index contributed by atoms with van der Waals surface area (Å²) in [4.78, 5) is 11.5. The van der Waals surface area contributed by atoms with E-state index in [0.29, 0.717) is 28.9 Å². The molecule has 0 spiro atoms. The molecule has 6 heteroatoms. The van der Waals surface area contributed by atoms with Crippen molar-refractivity contribution in [1.82, 2.24) is 0 Å². The van der Waals surface area contributed by atoms with E-state index in [1.165, 1.54) is 6.07 Å². The quantitative estimate of drug-likeness (QED) is 0.672. The van der Waals surface area contributed by atoms with Gasteiger partial charge in [-0.1, -0.05) is 0 Å². The number of ether oxygens (including phenoxy) is 3. The summed E-state index contributed by atoms with van der Waals surface area (Å²) in [6.45, 7) is 8.02. The van der Waals surface area contributed by atoms with Gasteiger partial charge >= 0.3 is 5.63 Å². The van der Waals surface area contributed by atoms with Gasteiger partial charge in [0.1, 0.15) is 29.6 Å². The maximum atomic E-state index is 11.5. The van der Waals surface area contributed by atoms with Gasteiger partial charge in [-0.2, -0.15) is 0 Å². The van der Waals surface area contributed by atoms with Crippen molar-refractivity contribution in [3.63, 3.8) is 0 Å². The number of benzene rings is 1. The molecule has 0 N–H and O–H groups in total. The highest BCUT2D eigenvalue weighted by Gasteiger charge is 2.47. The average Bonchev–Trinajstić information content (AvgIpc) is 3.04. The zero-order valence-corrected chi connectivity index (χ0v) is 14.6. The summed E-state index contributed by atoms with van der Waals surface area (Å²) in [5.74, 6) is -0.0530. The van der Waals surface area contributed by atoms with Gasteiger partial charge in [0.15, 0.2) is 5.79 Å². The van der Waals surface area contributed by atoms with Crippen molar-refractivity contribution >= 4 is 21.9 Å². The van der Waals surface area contributed by atoms with Crippen LogP contribution in [0.3, 0.4) is 0 Å². The first-order valence-electron chi connectivity index (χ1n) is 8.20. The maximum absolute atomic E-state index is 11.5. The number of fused-ring (bicyclic) bond motifs is 2. The van der Waals surface area contributed by atoms with Crippen LogP contribution in [0.15, 0.2) is 44.2 Å². The lowest BCUT2D eigenvalue weighted by atomic mass is 10.0. The Balaban J connectivity index is 1.73. The summed E-state index contributed by atoms with van der Waals surface area (Å²) in [6.07, 6.45) is 1.34. The Morgan fingerprint density at radius 1 is 1.08 bits per heavy atom.